The Hall–Kier alpha value is -1.22. The Morgan fingerprint density at radius 1 is 1.00 bits per heavy atom. The van der Waals surface area contributed by atoms with Gasteiger partial charge in [0, 0.05) is 0 Å². The van der Waals surface area contributed by atoms with E-state index in [2.05, 4.69) is 20.3 Å². The number of carbonyl (C=O) groups excluding carboxylic acids is 2. The lowest BCUT2D eigenvalue weighted by Crippen LogP contribution is -2.64. The van der Waals surface area contributed by atoms with Gasteiger partial charge in [0.1, 0.15) is 12.1 Å². The molecule has 8 nitrogen and oxygen atoms in total. The first-order valence-corrected chi connectivity index (χ1v) is 3.93. The second kappa shape index (κ2) is 4.86. The number of piperazine rings is 1. The maximum atomic E-state index is 11.3. The van der Waals surface area contributed by atoms with Crippen LogP contribution in [0.5, 0.6) is 0 Å². The highest BCUT2D eigenvalue weighted by Gasteiger charge is 2.33. The number of nitrogens with one attached hydrogen (secondary N) is 2. The van der Waals surface area contributed by atoms with E-state index in [1.54, 1.807) is 0 Å². The Kier molecular flexibility index (Phi) is 3.77. The summed E-state index contributed by atoms with van der Waals surface area (Å²) in [6.45, 7) is -0.151. The van der Waals surface area contributed by atoms with Gasteiger partial charge in [-0.2, -0.15) is 0 Å². The maximum absolute atomic E-state index is 11.3. The first-order valence-electron chi connectivity index (χ1n) is 3.93. The van der Waals surface area contributed by atoms with Crippen molar-refractivity contribution >= 4 is 11.8 Å². The Morgan fingerprint density at radius 2 is 1.36 bits per heavy atom. The monoisotopic (exact) mass is 204 g/mol. The number of hydrogen-bond donors (Lipinski definition) is 4. The smallest absolute Gasteiger partial charge is 0.245 e. The number of rotatable bonds is 4. The van der Waals surface area contributed by atoms with Crippen LogP contribution in [0.3, 0.4) is 0 Å². The van der Waals surface area contributed by atoms with Crippen molar-refractivity contribution in [3.8, 4) is 0 Å². The van der Waals surface area contributed by atoms with Gasteiger partial charge in [0.15, 0.2) is 0 Å². The average molecular weight is 204 g/mol. The molecule has 1 rings (SSSR count). The zero-order chi connectivity index (χ0) is 10.6. The molecule has 0 radical (unpaired) electrons. The molecule has 0 aliphatic carbocycles. The van der Waals surface area contributed by atoms with Crippen LogP contribution < -0.4 is 22.4 Å². The van der Waals surface area contributed by atoms with Crippen LogP contribution in [0.1, 0.15) is 0 Å². The van der Waals surface area contributed by atoms with Crippen molar-refractivity contribution in [2.75, 3.05) is 13.2 Å². The molecule has 80 valence electrons. The van der Waals surface area contributed by atoms with E-state index in [0.717, 1.165) is 0 Å². The van der Waals surface area contributed by atoms with Crippen LogP contribution >= 0.6 is 0 Å². The molecule has 0 saturated carbocycles. The highest BCUT2D eigenvalue weighted by atomic mass is 16.6. The van der Waals surface area contributed by atoms with Gasteiger partial charge in [0.2, 0.25) is 11.8 Å². The van der Waals surface area contributed by atoms with Crippen LogP contribution in [0, 0.1) is 0 Å². The van der Waals surface area contributed by atoms with Gasteiger partial charge >= 0.3 is 0 Å². The molecule has 1 aliphatic rings. The molecule has 0 bridgehead atoms. The van der Waals surface area contributed by atoms with E-state index in [0.29, 0.717) is 0 Å². The van der Waals surface area contributed by atoms with E-state index in [-0.39, 0.29) is 25.0 Å². The van der Waals surface area contributed by atoms with Crippen LogP contribution in [0.4, 0.5) is 0 Å². The van der Waals surface area contributed by atoms with Crippen molar-refractivity contribution < 1.29 is 19.3 Å². The molecule has 1 aliphatic heterocycles. The van der Waals surface area contributed by atoms with Crippen molar-refractivity contribution in [3.05, 3.63) is 0 Å². The topological polar surface area (TPSA) is 129 Å². The number of hydrogen-bond acceptors (Lipinski definition) is 6. The molecule has 8 heteroatoms. The molecular weight excluding hydrogens is 192 g/mol. The zero-order valence-electron chi connectivity index (χ0n) is 7.36. The quantitative estimate of drug-likeness (QED) is 0.356. The van der Waals surface area contributed by atoms with Crippen molar-refractivity contribution in [2.24, 2.45) is 11.8 Å². The summed E-state index contributed by atoms with van der Waals surface area (Å²) < 4.78 is 0. The van der Waals surface area contributed by atoms with E-state index in [4.69, 9.17) is 11.8 Å². The van der Waals surface area contributed by atoms with Crippen molar-refractivity contribution in [3.63, 3.8) is 0 Å². The fourth-order valence-corrected chi connectivity index (χ4v) is 1.10. The van der Waals surface area contributed by atoms with Gasteiger partial charge in [-0.3, -0.25) is 9.59 Å². The van der Waals surface area contributed by atoms with E-state index < -0.39 is 12.1 Å². The summed E-state index contributed by atoms with van der Waals surface area (Å²) in [6.07, 6.45) is 0. The predicted octanol–water partition coefficient (Wildman–Crippen LogP) is -3.25. The largest absolute Gasteiger partial charge is 0.340 e. The lowest BCUT2D eigenvalue weighted by atomic mass is 10.1. The third-order valence-corrected chi connectivity index (χ3v) is 1.79. The van der Waals surface area contributed by atoms with Crippen LogP contribution in [0.25, 0.3) is 0 Å². The summed E-state index contributed by atoms with van der Waals surface area (Å²) in [5, 5.41) is 4.82. The molecule has 2 atom stereocenters. The summed E-state index contributed by atoms with van der Waals surface area (Å²) >= 11 is 0. The molecular formula is C6H12N4O4. The van der Waals surface area contributed by atoms with Crippen molar-refractivity contribution in [1.29, 1.82) is 0 Å². The number of amides is 2. The molecule has 0 aromatic carbocycles. The van der Waals surface area contributed by atoms with Gasteiger partial charge in [-0.1, -0.05) is 0 Å². The Bertz CT molecular complexity index is 210. The fourth-order valence-electron chi connectivity index (χ4n) is 1.10. The standard InChI is InChI=1S/C6H12N4O4/c7-13-1-3-5(11)10-4(2-14-8)6(12)9-3/h3-4H,1-2,7-8H2,(H,9,12)(H,10,11). The van der Waals surface area contributed by atoms with Crippen LogP contribution in [-0.4, -0.2) is 37.1 Å². The Labute approximate surface area is 79.8 Å². The second-order valence-electron chi connectivity index (χ2n) is 2.79. The van der Waals surface area contributed by atoms with Gasteiger partial charge in [-0.15, -0.1) is 0 Å². The highest BCUT2D eigenvalue weighted by molar-refractivity contribution is 5.97. The van der Waals surface area contributed by atoms with Crippen LogP contribution in [0.2, 0.25) is 0 Å². The summed E-state index contributed by atoms with van der Waals surface area (Å²) in [5.74, 6) is 8.81. The molecule has 0 aromatic heterocycles. The molecule has 1 heterocycles. The predicted molar refractivity (Wildman–Crippen MR) is 44.1 cm³/mol. The molecule has 1 saturated heterocycles. The summed E-state index contributed by atoms with van der Waals surface area (Å²) in [4.78, 5) is 31.0. The normalized spacial score (nSPS) is 27.0. The lowest BCUT2D eigenvalue weighted by Gasteiger charge is -2.28. The molecule has 2 amide bonds. The summed E-state index contributed by atoms with van der Waals surface area (Å²) in [5.41, 5.74) is 0. The molecule has 1 fully saturated rings. The van der Waals surface area contributed by atoms with Gasteiger partial charge in [-0.25, -0.2) is 11.8 Å². The van der Waals surface area contributed by atoms with E-state index in [9.17, 15) is 9.59 Å². The third kappa shape index (κ3) is 2.39. The molecule has 6 N–H and O–H groups in total. The minimum absolute atomic E-state index is 0.0756. The minimum Gasteiger partial charge on any atom is -0.340 e. The first kappa shape index (κ1) is 10.9. The van der Waals surface area contributed by atoms with Crippen molar-refractivity contribution in [2.45, 2.75) is 12.1 Å². The minimum atomic E-state index is -0.762. The highest BCUT2D eigenvalue weighted by Crippen LogP contribution is 1.97. The van der Waals surface area contributed by atoms with Crippen molar-refractivity contribution in [1.82, 2.24) is 10.6 Å². The van der Waals surface area contributed by atoms with Gasteiger partial charge in [0.25, 0.3) is 0 Å². The van der Waals surface area contributed by atoms with Gasteiger partial charge in [0.05, 0.1) is 13.2 Å². The summed E-state index contributed by atoms with van der Waals surface area (Å²) in [6, 6.07) is -1.52. The fraction of sp³-hybridized carbons (Fsp3) is 0.667. The Balaban J connectivity index is 2.53. The lowest BCUT2D eigenvalue weighted by molar-refractivity contribution is -0.140. The van der Waals surface area contributed by atoms with E-state index >= 15 is 0 Å². The van der Waals surface area contributed by atoms with Crippen LogP contribution in [0.15, 0.2) is 0 Å². The number of nitrogens with two attached hydrogens (primary N) is 2. The molecule has 0 aromatic rings. The molecule has 14 heavy (non-hydrogen) atoms. The maximum Gasteiger partial charge on any atom is 0.245 e. The second-order valence-corrected chi connectivity index (χ2v) is 2.79. The number of carbonyl (C=O) groups is 2. The van der Waals surface area contributed by atoms with Gasteiger partial charge < -0.3 is 20.3 Å². The Morgan fingerprint density at radius 3 is 1.64 bits per heavy atom. The molecule has 2 unspecified atom stereocenters. The van der Waals surface area contributed by atoms with Crippen LogP contribution in [-0.2, 0) is 19.3 Å². The molecule has 0 spiro atoms. The average Bonchev–Trinajstić information content (AvgIpc) is 2.14. The third-order valence-electron chi connectivity index (χ3n) is 1.79. The van der Waals surface area contributed by atoms with E-state index in [1.165, 1.54) is 0 Å². The van der Waals surface area contributed by atoms with Gasteiger partial charge in [-0.05, 0) is 0 Å². The zero-order valence-corrected chi connectivity index (χ0v) is 7.36. The van der Waals surface area contributed by atoms with E-state index in [1.807, 2.05) is 0 Å². The first-order chi connectivity index (χ1) is 6.69. The summed E-state index contributed by atoms with van der Waals surface area (Å²) in [7, 11) is 0. The SMILES string of the molecule is NOCC1NC(=O)C(CON)NC1=O.